The number of alkyl halides is 2. The summed E-state index contributed by atoms with van der Waals surface area (Å²) in [7, 11) is -3.95. The summed E-state index contributed by atoms with van der Waals surface area (Å²) in [6.45, 7) is -2.89. The molecule has 0 unspecified atom stereocenters. The topological polar surface area (TPSA) is 76.9 Å². The van der Waals surface area contributed by atoms with Crippen LogP contribution in [-0.2, 0) is 16.4 Å². The van der Waals surface area contributed by atoms with Gasteiger partial charge < -0.3 is 0 Å². The van der Waals surface area contributed by atoms with Crippen LogP contribution in [0, 0.1) is 5.82 Å². The van der Waals surface area contributed by atoms with Gasteiger partial charge in [0.25, 0.3) is 0 Å². The van der Waals surface area contributed by atoms with Gasteiger partial charge in [-0.2, -0.15) is 8.78 Å². The van der Waals surface area contributed by atoms with E-state index >= 15 is 0 Å². The average Bonchev–Trinajstić information content (AvgIpc) is 2.87. The van der Waals surface area contributed by atoms with Crippen molar-refractivity contribution < 1.29 is 21.6 Å². The van der Waals surface area contributed by atoms with Crippen LogP contribution in [0.2, 0.25) is 0 Å². The van der Waals surface area contributed by atoms with Gasteiger partial charge >= 0.3 is 6.55 Å². The van der Waals surface area contributed by atoms with Crippen LogP contribution < -0.4 is 4.72 Å². The van der Waals surface area contributed by atoms with Gasteiger partial charge in [0.15, 0.2) is 0 Å². The molecule has 0 saturated heterocycles. The minimum Gasteiger partial charge on any atom is -0.278 e. The van der Waals surface area contributed by atoms with E-state index in [-0.39, 0.29) is 23.7 Å². The normalized spacial score (nSPS) is 12.0. The van der Waals surface area contributed by atoms with Crippen molar-refractivity contribution >= 4 is 10.0 Å². The Kier molecular flexibility index (Phi) is 4.58. The second kappa shape index (κ2) is 6.22. The van der Waals surface area contributed by atoms with Crippen molar-refractivity contribution in [3.63, 3.8) is 0 Å². The molecule has 6 nitrogen and oxygen atoms in total. The maximum Gasteiger partial charge on any atom is 0.319 e. The van der Waals surface area contributed by atoms with Crippen LogP contribution in [0.15, 0.2) is 35.7 Å². The van der Waals surface area contributed by atoms with Gasteiger partial charge in [-0.05, 0) is 6.07 Å². The third-order valence-electron chi connectivity index (χ3n) is 2.59. The van der Waals surface area contributed by atoms with E-state index in [4.69, 9.17) is 0 Å². The Balaban J connectivity index is 2.01. The minimum atomic E-state index is -3.95. The van der Waals surface area contributed by atoms with E-state index in [0.717, 1.165) is 24.7 Å². The number of pyridine rings is 1. The van der Waals surface area contributed by atoms with Crippen LogP contribution in [0.25, 0.3) is 0 Å². The molecular formula is C11H11F3N4O2S. The summed E-state index contributed by atoms with van der Waals surface area (Å²) in [6.07, 6.45) is 4.14. The zero-order chi connectivity index (χ0) is 15.5. The molecule has 0 aliphatic heterocycles. The smallest absolute Gasteiger partial charge is 0.278 e. The molecule has 2 aromatic heterocycles. The molecule has 0 fully saturated rings. The Bertz CT molecular complexity index is 718. The summed E-state index contributed by atoms with van der Waals surface area (Å²) < 4.78 is 64.6. The first-order chi connectivity index (χ1) is 9.90. The highest BCUT2D eigenvalue weighted by molar-refractivity contribution is 7.89. The van der Waals surface area contributed by atoms with Gasteiger partial charge in [-0.1, -0.05) is 0 Å². The maximum absolute atomic E-state index is 12.9. The third kappa shape index (κ3) is 3.79. The van der Waals surface area contributed by atoms with E-state index in [9.17, 15) is 21.6 Å². The predicted molar refractivity (Wildman–Crippen MR) is 66.6 cm³/mol. The van der Waals surface area contributed by atoms with Crippen molar-refractivity contribution in [3.8, 4) is 0 Å². The fourth-order valence-electron chi connectivity index (χ4n) is 1.64. The third-order valence-corrected chi connectivity index (χ3v) is 4.02. The molecule has 0 aliphatic carbocycles. The first-order valence-electron chi connectivity index (χ1n) is 5.80. The van der Waals surface area contributed by atoms with Crippen LogP contribution in [0.4, 0.5) is 13.2 Å². The molecule has 0 aliphatic rings. The van der Waals surface area contributed by atoms with Crippen LogP contribution in [0.3, 0.4) is 0 Å². The number of nitrogens with zero attached hydrogens (tertiary/aromatic N) is 3. The molecule has 0 aromatic carbocycles. The zero-order valence-electron chi connectivity index (χ0n) is 10.6. The van der Waals surface area contributed by atoms with E-state index in [2.05, 4.69) is 14.7 Å². The highest BCUT2D eigenvalue weighted by Gasteiger charge is 2.16. The average molecular weight is 320 g/mol. The van der Waals surface area contributed by atoms with Crippen LogP contribution in [0.1, 0.15) is 12.4 Å². The molecule has 1 N–H and O–H groups in total. The van der Waals surface area contributed by atoms with Crippen molar-refractivity contribution in [1.82, 2.24) is 19.3 Å². The van der Waals surface area contributed by atoms with Gasteiger partial charge in [0.05, 0.1) is 6.20 Å². The highest BCUT2D eigenvalue weighted by Crippen LogP contribution is 2.13. The van der Waals surface area contributed by atoms with Gasteiger partial charge in [-0.25, -0.2) is 22.5 Å². The minimum absolute atomic E-state index is 0.0285. The quantitative estimate of drug-likeness (QED) is 0.871. The fraction of sp³-hybridized carbons (Fsp3) is 0.273. The largest absolute Gasteiger partial charge is 0.319 e. The Morgan fingerprint density at radius 3 is 2.76 bits per heavy atom. The summed E-state index contributed by atoms with van der Waals surface area (Å²) >= 11 is 0. The predicted octanol–water partition coefficient (Wildman–Crippen LogP) is 1.33. The molecule has 2 rings (SSSR count). The second-order valence-electron chi connectivity index (χ2n) is 4.02. The highest BCUT2D eigenvalue weighted by atomic mass is 32.2. The standard InChI is InChI=1S/C11H11F3N4O2S/c12-8-5-9(7-15-6-8)21(19,20)17-2-1-10-16-3-4-18(10)11(13)14/h3-7,11,17H,1-2H2. The Labute approximate surface area is 118 Å². The summed E-state index contributed by atoms with van der Waals surface area (Å²) in [5, 5.41) is 0. The lowest BCUT2D eigenvalue weighted by molar-refractivity contribution is 0.0671. The van der Waals surface area contributed by atoms with Crippen molar-refractivity contribution in [3.05, 3.63) is 42.5 Å². The Morgan fingerprint density at radius 2 is 2.10 bits per heavy atom. The first-order valence-corrected chi connectivity index (χ1v) is 7.28. The van der Waals surface area contributed by atoms with Gasteiger partial charge in [-0.15, -0.1) is 0 Å². The van der Waals surface area contributed by atoms with Crippen molar-refractivity contribution in [2.45, 2.75) is 17.9 Å². The van der Waals surface area contributed by atoms with Crippen LogP contribution in [-0.4, -0.2) is 29.5 Å². The molecule has 2 heterocycles. The number of hydrogen-bond donors (Lipinski definition) is 1. The first kappa shape index (κ1) is 15.4. The maximum atomic E-state index is 12.9. The van der Waals surface area contributed by atoms with Gasteiger partial charge in [-0.3, -0.25) is 9.55 Å². The molecule has 0 saturated carbocycles. The zero-order valence-corrected chi connectivity index (χ0v) is 11.4. The SMILES string of the molecule is O=S(=O)(NCCc1nccn1C(F)F)c1cncc(F)c1. The number of aromatic nitrogens is 3. The molecule has 2 aromatic rings. The molecule has 21 heavy (non-hydrogen) atoms. The van der Waals surface area contributed by atoms with Gasteiger partial charge in [0.1, 0.15) is 16.5 Å². The lowest BCUT2D eigenvalue weighted by atomic mass is 10.4. The number of rotatable bonds is 6. The van der Waals surface area contributed by atoms with E-state index in [1.165, 1.54) is 6.20 Å². The number of halogens is 3. The second-order valence-corrected chi connectivity index (χ2v) is 5.78. The summed E-state index contributed by atoms with van der Waals surface area (Å²) in [6, 6.07) is 0.815. The monoisotopic (exact) mass is 320 g/mol. The molecule has 0 bridgehead atoms. The van der Waals surface area contributed by atoms with E-state index < -0.39 is 22.4 Å². The number of imidazole rings is 1. The van der Waals surface area contributed by atoms with Crippen LogP contribution >= 0.6 is 0 Å². The van der Waals surface area contributed by atoms with Crippen molar-refractivity contribution in [2.75, 3.05) is 6.54 Å². The molecule has 0 atom stereocenters. The molecule has 0 radical (unpaired) electrons. The van der Waals surface area contributed by atoms with E-state index in [0.29, 0.717) is 4.57 Å². The number of nitrogens with one attached hydrogen (secondary N) is 1. The Hall–Kier alpha value is -1.94. The molecule has 10 heteroatoms. The lowest BCUT2D eigenvalue weighted by Gasteiger charge is -2.08. The molecular weight excluding hydrogens is 309 g/mol. The van der Waals surface area contributed by atoms with E-state index in [1.54, 1.807) is 0 Å². The van der Waals surface area contributed by atoms with E-state index in [1.807, 2.05) is 0 Å². The molecule has 114 valence electrons. The number of hydrogen-bond acceptors (Lipinski definition) is 4. The molecule has 0 spiro atoms. The summed E-state index contributed by atoms with van der Waals surface area (Å²) in [4.78, 5) is 6.82. The molecule has 0 amide bonds. The van der Waals surface area contributed by atoms with Crippen molar-refractivity contribution in [1.29, 1.82) is 0 Å². The lowest BCUT2D eigenvalue weighted by Crippen LogP contribution is -2.27. The van der Waals surface area contributed by atoms with Gasteiger partial charge in [0, 0.05) is 31.6 Å². The van der Waals surface area contributed by atoms with Crippen LogP contribution in [0.5, 0.6) is 0 Å². The summed E-state index contributed by atoms with van der Waals surface area (Å²) in [5.41, 5.74) is 0. The van der Waals surface area contributed by atoms with Gasteiger partial charge in [0.2, 0.25) is 10.0 Å². The van der Waals surface area contributed by atoms with Crippen molar-refractivity contribution in [2.24, 2.45) is 0 Å². The fourth-order valence-corrected chi connectivity index (χ4v) is 2.64. The summed E-state index contributed by atoms with van der Waals surface area (Å²) in [5.74, 6) is -0.740. The number of sulfonamides is 1. The Morgan fingerprint density at radius 1 is 1.33 bits per heavy atom.